The van der Waals surface area contributed by atoms with Gasteiger partial charge in [0.15, 0.2) is 0 Å². The van der Waals surface area contributed by atoms with Crippen molar-refractivity contribution >= 4 is 39.2 Å². The molecule has 0 radical (unpaired) electrons. The molecule has 8 nitrogen and oxygen atoms in total. The number of carboxylic acids is 1. The topological polar surface area (TPSA) is 110 Å². The molecule has 0 aliphatic rings. The van der Waals surface area contributed by atoms with Crippen LogP contribution >= 0.6 is 21.6 Å². The SMILES string of the molecule is O=C(CCSSc1ccccn1)NCCOCCOCCNc1ccc(C(=O)O)cc1. The summed E-state index contributed by atoms with van der Waals surface area (Å²) >= 11 is 0. The molecule has 0 saturated heterocycles. The number of aromatic carboxylic acids is 1. The van der Waals surface area contributed by atoms with Crippen LogP contribution < -0.4 is 10.6 Å². The average Bonchev–Trinajstić information content (AvgIpc) is 2.79. The van der Waals surface area contributed by atoms with E-state index in [9.17, 15) is 9.59 Å². The second-order valence-corrected chi connectivity index (χ2v) is 8.64. The molecule has 1 amide bonds. The Morgan fingerprint density at radius 2 is 1.71 bits per heavy atom. The van der Waals surface area contributed by atoms with Gasteiger partial charge in [0.05, 0.1) is 32.0 Å². The molecule has 0 bridgehead atoms. The lowest BCUT2D eigenvalue weighted by atomic mass is 10.2. The van der Waals surface area contributed by atoms with Crippen LogP contribution in [0.5, 0.6) is 0 Å². The van der Waals surface area contributed by atoms with Gasteiger partial charge in [-0.05, 0) is 47.2 Å². The Morgan fingerprint density at radius 3 is 2.39 bits per heavy atom. The van der Waals surface area contributed by atoms with Gasteiger partial charge in [-0.2, -0.15) is 0 Å². The van der Waals surface area contributed by atoms with Gasteiger partial charge in [0, 0.05) is 37.1 Å². The molecule has 0 fully saturated rings. The third-order valence-electron chi connectivity index (χ3n) is 3.84. The van der Waals surface area contributed by atoms with Gasteiger partial charge in [-0.25, -0.2) is 9.78 Å². The number of benzene rings is 1. The summed E-state index contributed by atoms with van der Waals surface area (Å²) in [6.45, 7) is 2.96. The van der Waals surface area contributed by atoms with E-state index in [0.29, 0.717) is 45.9 Å². The maximum Gasteiger partial charge on any atom is 0.335 e. The first-order chi connectivity index (χ1) is 15.1. The third kappa shape index (κ3) is 11.6. The molecule has 10 heteroatoms. The highest BCUT2D eigenvalue weighted by Crippen LogP contribution is 2.29. The van der Waals surface area contributed by atoms with Gasteiger partial charge in [-0.3, -0.25) is 4.79 Å². The minimum Gasteiger partial charge on any atom is -0.478 e. The predicted octanol–water partition coefficient (Wildman–Crippen LogP) is 3.17. The Bertz CT molecular complexity index is 778. The van der Waals surface area contributed by atoms with Gasteiger partial charge in [-0.15, -0.1) is 0 Å². The van der Waals surface area contributed by atoms with Crippen molar-refractivity contribution in [3.8, 4) is 0 Å². The van der Waals surface area contributed by atoms with Gasteiger partial charge in [0.25, 0.3) is 0 Å². The number of carbonyl (C=O) groups excluding carboxylic acids is 1. The number of carboxylic acid groups (broad SMARTS) is 1. The van der Waals surface area contributed by atoms with Crippen LogP contribution in [0.1, 0.15) is 16.8 Å². The molecule has 1 aromatic carbocycles. The number of anilines is 1. The standard InChI is InChI=1S/C21H27N3O5S2/c25-19(8-16-30-31-20-3-1-2-9-24-20)23-11-13-29-15-14-28-12-10-22-18-6-4-17(5-7-18)21(26)27/h1-7,9,22H,8,10-16H2,(H,23,25)(H,26,27). The number of nitrogens with zero attached hydrogens (tertiary/aromatic N) is 1. The van der Waals surface area contributed by atoms with Gasteiger partial charge in [0.2, 0.25) is 5.91 Å². The maximum atomic E-state index is 11.8. The molecule has 168 valence electrons. The van der Waals surface area contributed by atoms with E-state index >= 15 is 0 Å². The average molecular weight is 466 g/mol. The quantitative estimate of drug-likeness (QED) is 0.254. The van der Waals surface area contributed by atoms with E-state index in [2.05, 4.69) is 15.6 Å². The van der Waals surface area contributed by atoms with Crippen molar-refractivity contribution in [2.24, 2.45) is 0 Å². The fourth-order valence-electron chi connectivity index (χ4n) is 2.30. The first-order valence-corrected chi connectivity index (χ1v) is 12.2. The molecule has 0 aliphatic heterocycles. The van der Waals surface area contributed by atoms with Gasteiger partial charge in [0.1, 0.15) is 5.03 Å². The fraction of sp³-hybridized carbons (Fsp3) is 0.381. The van der Waals surface area contributed by atoms with Crippen molar-refractivity contribution in [1.82, 2.24) is 10.3 Å². The lowest BCUT2D eigenvalue weighted by Gasteiger charge is -2.09. The van der Waals surface area contributed by atoms with Crippen molar-refractivity contribution in [2.75, 3.05) is 50.6 Å². The van der Waals surface area contributed by atoms with E-state index in [1.165, 1.54) is 0 Å². The lowest BCUT2D eigenvalue weighted by molar-refractivity contribution is -0.120. The smallest absolute Gasteiger partial charge is 0.335 e. The van der Waals surface area contributed by atoms with Crippen molar-refractivity contribution in [3.63, 3.8) is 0 Å². The molecular formula is C21H27N3O5S2. The number of ether oxygens (including phenoxy) is 2. The van der Waals surface area contributed by atoms with Crippen LogP contribution in [0.15, 0.2) is 53.7 Å². The first-order valence-electron chi connectivity index (χ1n) is 9.85. The largest absolute Gasteiger partial charge is 0.478 e. The summed E-state index contributed by atoms with van der Waals surface area (Å²) in [5.74, 6) is -0.208. The minimum absolute atomic E-state index is 0.0106. The van der Waals surface area contributed by atoms with Gasteiger partial charge >= 0.3 is 5.97 Å². The van der Waals surface area contributed by atoms with Gasteiger partial charge < -0.3 is 25.2 Å². The molecule has 0 unspecified atom stereocenters. The van der Waals surface area contributed by atoms with Crippen LogP contribution in [0.2, 0.25) is 0 Å². The fourth-order valence-corrected chi connectivity index (χ4v) is 4.17. The normalized spacial score (nSPS) is 10.6. The number of rotatable bonds is 16. The summed E-state index contributed by atoms with van der Waals surface area (Å²) in [5.41, 5.74) is 1.10. The Morgan fingerprint density at radius 1 is 0.968 bits per heavy atom. The summed E-state index contributed by atoms with van der Waals surface area (Å²) in [5, 5.41) is 15.8. The van der Waals surface area contributed by atoms with Crippen molar-refractivity contribution in [2.45, 2.75) is 11.4 Å². The zero-order valence-corrected chi connectivity index (χ0v) is 18.8. The third-order valence-corrected chi connectivity index (χ3v) is 6.11. The molecule has 0 saturated carbocycles. The maximum absolute atomic E-state index is 11.8. The molecular weight excluding hydrogens is 438 g/mol. The molecule has 2 rings (SSSR count). The summed E-state index contributed by atoms with van der Waals surface area (Å²) in [6.07, 6.45) is 2.21. The second-order valence-electron chi connectivity index (χ2n) is 6.21. The van der Waals surface area contributed by atoms with Crippen LogP contribution in [0.25, 0.3) is 0 Å². The summed E-state index contributed by atoms with van der Waals surface area (Å²) in [4.78, 5) is 26.8. The summed E-state index contributed by atoms with van der Waals surface area (Å²) < 4.78 is 10.9. The zero-order valence-electron chi connectivity index (χ0n) is 17.1. The number of pyridine rings is 1. The minimum atomic E-state index is -0.941. The number of hydrogen-bond acceptors (Lipinski definition) is 8. The summed E-state index contributed by atoms with van der Waals surface area (Å²) in [6, 6.07) is 12.3. The van der Waals surface area contributed by atoms with Crippen LogP contribution in [0.4, 0.5) is 5.69 Å². The van der Waals surface area contributed by atoms with E-state index in [1.807, 2.05) is 18.2 Å². The van der Waals surface area contributed by atoms with E-state index in [-0.39, 0.29) is 11.5 Å². The second kappa shape index (κ2) is 15.5. The molecule has 3 N–H and O–H groups in total. The van der Waals surface area contributed by atoms with Crippen LogP contribution in [0, 0.1) is 0 Å². The number of hydrogen-bond donors (Lipinski definition) is 3. The summed E-state index contributed by atoms with van der Waals surface area (Å²) in [7, 11) is 3.18. The van der Waals surface area contributed by atoms with Crippen molar-refractivity contribution < 1.29 is 24.2 Å². The first kappa shape index (κ1) is 25.0. The van der Waals surface area contributed by atoms with E-state index in [4.69, 9.17) is 14.6 Å². The zero-order chi connectivity index (χ0) is 22.2. The van der Waals surface area contributed by atoms with Crippen molar-refractivity contribution in [3.05, 3.63) is 54.2 Å². The van der Waals surface area contributed by atoms with Crippen LogP contribution in [-0.2, 0) is 14.3 Å². The highest BCUT2D eigenvalue weighted by atomic mass is 33.1. The van der Waals surface area contributed by atoms with Crippen LogP contribution in [-0.4, -0.2) is 67.2 Å². The highest BCUT2D eigenvalue weighted by Gasteiger charge is 2.03. The highest BCUT2D eigenvalue weighted by molar-refractivity contribution is 8.76. The Labute approximate surface area is 189 Å². The number of aromatic nitrogens is 1. The van der Waals surface area contributed by atoms with E-state index in [1.54, 1.807) is 52.1 Å². The lowest BCUT2D eigenvalue weighted by Crippen LogP contribution is -2.27. The Balaban J connectivity index is 1.36. The molecule has 0 spiro atoms. The Kier molecular flexibility index (Phi) is 12.5. The van der Waals surface area contributed by atoms with Crippen molar-refractivity contribution in [1.29, 1.82) is 0 Å². The molecule has 2 aromatic rings. The Hall–Kier alpha value is -2.27. The molecule has 1 aromatic heterocycles. The monoisotopic (exact) mass is 465 g/mol. The number of amides is 1. The predicted molar refractivity (Wildman–Crippen MR) is 124 cm³/mol. The molecule has 31 heavy (non-hydrogen) atoms. The molecule has 0 aliphatic carbocycles. The van der Waals surface area contributed by atoms with Crippen LogP contribution in [0.3, 0.4) is 0 Å². The van der Waals surface area contributed by atoms with E-state index in [0.717, 1.165) is 16.5 Å². The molecule has 0 atom stereocenters. The number of nitrogens with one attached hydrogen (secondary N) is 2. The molecule has 1 heterocycles. The van der Waals surface area contributed by atoms with E-state index < -0.39 is 5.97 Å². The van der Waals surface area contributed by atoms with Gasteiger partial charge in [-0.1, -0.05) is 16.9 Å². The number of carbonyl (C=O) groups is 2.